The molecule has 0 radical (unpaired) electrons. The number of aldehydes is 1. The maximum Gasteiger partial charge on any atom is 0.274 e. The van der Waals surface area contributed by atoms with Crippen molar-refractivity contribution in [2.45, 2.75) is 6.92 Å². The van der Waals surface area contributed by atoms with Crippen molar-refractivity contribution >= 4 is 35.2 Å². The van der Waals surface area contributed by atoms with E-state index >= 15 is 0 Å². The molecule has 3 rings (SSSR count). The van der Waals surface area contributed by atoms with Crippen LogP contribution in [0.15, 0.2) is 54.7 Å². The van der Waals surface area contributed by atoms with Gasteiger partial charge in [0, 0.05) is 30.1 Å². The van der Waals surface area contributed by atoms with Crippen molar-refractivity contribution in [1.82, 2.24) is 4.98 Å². The molecule has 0 aliphatic heterocycles. The summed E-state index contributed by atoms with van der Waals surface area (Å²) in [5.41, 5.74) is 5.00. The number of anilines is 2. The van der Waals surface area contributed by atoms with Crippen LogP contribution in [0.25, 0.3) is 11.1 Å². The molecule has 0 aliphatic carbocycles. The fraction of sp³-hybridized carbons (Fsp3) is 0.0952. The molecule has 0 spiro atoms. The number of aromatic nitrogens is 1. The van der Waals surface area contributed by atoms with E-state index in [1.807, 2.05) is 44.3 Å². The van der Waals surface area contributed by atoms with Gasteiger partial charge in [0.05, 0.1) is 10.7 Å². The van der Waals surface area contributed by atoms with Gasteiger partial charge in [-0.15, -0.1) is 0 Å². The van der Waals surface area contributed by atoms with E-state index in [2.05, 4.69) is 15.6 Å². The zero-order valence-corrected chi connectivity index (χ0v) is 15.7. The number of nitrogens with zero attached hydrogens (tertiary/aromatic N) is 1. The van der Waals surface area contributed by atoms with Crippen molar-refractivity contribution in [3.8, 4) is 11.1 Å². The van der Waals surface area contributed by atoms with E-state index in [-0.39, 0.29) is 5.69 Å². The molecule has 0 bridgehead atoms. The van der Waals surface area contributed by atoms with Crippen molar-refractivity contribution in [1.29, 1.82) is 0 Å². The number of hydrogen-bond acceptors (Lipinski definition) is 4. The lowest BCUT2D eigenvalue weighted by molar-refractivity contribution is 0.102. The molecule has 27 heavy (non-hydrogen) atoms. The topological polar surface area (TPSA) is 71.1 Å². The van der Waals surface area contributed by atoms with Gasteiger partial charge in [0.25, 0.3) is 5.91 Å². The zero-order chi connectivity index (χ0) is 19.4. The number of amides is 1. The minimum atomic E-state index is -0.396. The molecule has 6 heteroatoms. The van der Waals surface area contributed by atoms with Gasteiger partial charge in [-0.25, -0.2) is 0 Å². The standard InChI is InChI=1S/C21H18ClN3O2/c1-13-15(5-3-7-17(13)23-2)16-6-4-8-18(20(16)22)25-21(27)19-10-9-14(12-26)11-24-19/h3-12,23H,1-2H3,(H,25,27). The van der Waals surface area contributed by atoms with Gasteiger partial charge in [-0.05, 0) is 42.3 Å². The largest absolute Gasteiger partial charge is 0.388 e. The minimum Gasteiger partial charge on any atom is -0.388 e. The van der Waals surface area contributed by atoms with Crippen LogP contribution in [0.4, 0.5) is 11.4 Å². The molecule has 3 aromatic rings. The molecular formula is C21H18ClN3O2. The molecule has 1 heterocycles. The summed E-state index contributed by atoms with van der Waals surface area (Å²) in [4.78, 5) is 27.2. The summed E-state index contributed by atoms with van der Waals surface area (Å²) < 4.78 is 0. The Morgan fingerprint density at radius 2 is 1.74 bits per heavy atom. The predicted molar refractivity (Wildman–Crippen MR) is 109 cm³/mol. The van der Waals surface area contributed by atoms with Crippen LogP contribution in [0, 0.1) is 6.92 Å². The second-order valence-electron chi connectivity index (χ2n) is 5.94. The lowest BCUT2D eigenvalue weighted by Gasteiger charge is -2.15. The summed E-state index contributed by atoms with van der Waals surface area (Å²) in [6, 6.07) is 14.5. The number of benzene rings is 2. The molecule has 1 aromatic heterocycles. The second-order valence-corrected chi connectivity index (χ2v) is 6.32. The molecular weight excluding hydrogens is 362 g/mol. The Morgan fingerprint density at radius 1 is 1.04 bits per heavy atom. The second kappa shape index (κ2) is 8.01. The van der Waals surface area contributed by atoms with Crippen LogP contribution in [-0.4, -0.2) is 24.2 Å². The van der Waals surface area contributed by atoms with Crippen LogP contribution in [-0.2, 0) is 0 Å². The SMILES string of the molecule is CNc1cccc(-c2cccc(NC(=O)c3ccc(C=O)cn3)c2Cl)c1C. The first-order valence-electron chi connectivity index (χ1n) is 8.34. The zero-order valence-electron chi connectivity index (χ0n) is 14.9. The number of carbonyl (C=O) groups is 2. The average Bonchev–Trinajstić information content (AvgIpc) is 2.70. The number of rotatable bonds is 5. The maximum absolute atomic E-state index is 12.5. The number of halogens is 1. The maximum atomic E-state index is 12.5. The number of hydrogen-bond donors (Lipinski definition) is 2. The van der Waals surface area contributed by atoms with Gasteiger partial charge in [-0.3, -0.25) is 14.6 Å². The third-order valence-corrected chi connectivity index (χ3v) is 4.70. The first kappa shape index (κ1) is 18.6. The fourth-order valence-corrected chi connectivity index (χ4v) is 3.11. The molecule has 0 saturated carbocycles. The summed E-state index contributed by atoms with van der Waals surface area (Å²) in [6.45, 7) is 2.02. The van der Waals surface area contributed by atoms with Crippen molar-refractivity contribution in [2.24, 2.45) is 0 Å². The van der Waals surface area contributed by atoms with Crippen molar-refractivity contribution in [2.75, 3.05) is 17.7 Å². The molecule has 136 valence electrons. The van der Waals surface area contributed by atoms with Gasteiger partial charge in [0.2, 0.25) is 0 Å². The monoisotopic (exact) mass is 379 g/mol. The lowest BCUT2D eigenvalue weighted by Crippen LogP contribution is -2.14. The van der Waals surface area contributed by atoms with Crippen LogP contribution in [0.2, 0.25) is 5.02 Å². The van der Waals surface area contributed by atoms with Crippen molar-refractivity contribution in [3.05, 3.63) is 76.6 Å². The summed E-state index contributed by atoms with van der Waals surface area (Å²) in [7, 11) is 1.87. The van der Waals surface area contributed by atoms with Crippen molar-refractivity contribution < 1.29 is 9.59 Å². The molecule has 0 saturated heterocycles. The molecule has 0 fully saturated rings. The van der Waals surface area contributed by atoms with E-state index in [9.17, 15) is 9.59 Å². The third-order valence-electron chi connectivity index (χ3n) is 4.30. The Labute approximate surface area is 162 Å². The van der Waals surface area contributed by atoms with E-state index < -0.39 is 5.91 Å². The first-order valence-corrected chi connectivity index (χ1v) is 8.71. The summed E-state index contributed by atoms with van der Waals surface area (Å²) in [5.74, 6) is -0.396. The van der Waals surface area contributed by atoms with E-state index in [1.54, 1.807) is 12.1 Å². The summed E-state index contributed by atoms with van der Waals surface area (Å²) in [5, 5.41) is 6.39. The number of carbonyl (C=O) groups excluding carboxylic acids is 2. The first-order chi connectivity index (χ1) is 13.0. The molecule has 5 nitrogen and oxygen atoms in total. The summed E-state index contributed by atoms with van der Waals surface area (Å²) >= 11 is 6.59. The van der Waals surface area contributed by atoms with Gasteiger partial charge in [-0.2, -0.15) is 0 Å². The van der Waals surface area contributed by atoms with Crippen molar-refractivity contribution in [3.63, 3.8) is 0 Å². The highest BCUT2D eigenvalue weighted by molar-refractivity contribution is 6.36. The molecule has 0 aliphatic rings. The van der Waals surface area contributed by atoms with Crippen LogP contribution >= 0.6 is 11.6 Å². The fourth-order valence-electron chi connectivity index (χ4n) is 2.83. The van der Waals surface area contributed by atoms with Crippen LogP contribution in [0.3, 0.4) is 0 Å². The number of pyridine rings is 1. The summed E-state index contributed by atoms with van der Waals surface area (Å²) in [6.07, 6.45) is 2.03. The Balaban J connectivity index is 1.93. The van der Waals surface area contributed by atoms with Gasteiger partial charge in [-0.1, -0.05) is 35.9 Å². The molecule has 2 N–H and O–H groups in total. The molecule has 1 amide bonds. The van der Waals surface area contributed by atoms with Crippen LogP contribution < -0.4 is 10.6 Å². The smallest absolute Gasteiger partial charge is 0.274 e. The van der Waals surface area contributed by atoms with Gasteiger partial charge in [0.15, 0.2) is 6.29 Å². The molecule has 0 unspecified atom stereocenters. The average molecular weight is 380 g/mol. The molecule has 0 atom stereocenters. The Morgan fingerprint density at radius 3 is 2.37 bits per heavy atom. The molecule has 2 aromatic carbocycles. The van der Waals surface area contributed by atoms with Crippen LogP contribution in [0.5, 0.6) is 0 Å². The highest BCUT2D eigenvalue weighted by Crippen LogP contribution is 2.37. The number of nitrogens with one attached hydrogen (secondary N) is 2. The predicted octanol–water partition coefficient (Wildman–Crippen LogP) is 4.82. The normalized spacial score (nSPS) is 10.3. The van der Waals surface area contributed by atoms with Gasteiger partial charge >= 0.3 is 0 Å². The van der Waals surface area contributed by atoms with Gasteiger partial charge in [0.1, 0.15) is 5.69 Å². The Hall–Kier alpha value is -3.18. The Bertz CT molecular complexity index is 1000. The Kier molecular flexibility index (Phi) is 5.52. The quantitative estimate of drug-likeness (QED) is 0.623. The minimum absolute atomic E-state index is 0.204. The van der Waals surface area contributed by atoms with Crippen LogP contribution in [0.1, 0.15) is 26.4 Å². The highest BCUT2D eigenvalue weighted by atomic mass is 35.5. The third kappa shape index (κ3) is 3.83. The van der Waals surface area contributed by atoms with E-state index in [0.717, 1.165) is 22.4 Å². The lowest BCUT2D eigenvalue weighted by atomic mass is 9.98. The van der Waals surface area contributed by atoms with E-state index in [1.165, 1.54) is 12.3 Å². The van der Waals surface area contributed by atoms with E-state index in [0.29, 0.717) is 22.6 Å². The van der Waals surface area contributed by atoms with Gasteiger partial charge < -0.3 is 10.6 Å². The van der Waals surface area contributed by atoms with E-state index in [4.69, 9.17) is 11.6 Å². The highest BCUT2D eigenvalue weighted by Gasteiger charge is 2.15.